The maximum atomic E-state index is 12.7. The number of hydrogen-bond acceptors (Lipinski definition) is 4. The Morgan fingerprint density at radius 1 is 1.33 bits per heavy atom. The van der Waals surface area contributed by atoms with Crippen molar-refractivity contribution in [3.63, 3.8) is 0 Å². The van der Waals surface area contributed by atoms with E-state index < -0.39 is 0 Å². The quantitative estimate of drug-likeness (QED) is 0.765. The summed E-state index contributed by atoms with van der Waals surface area (Å²) in [6.45, 7) is 2.31. The van der Waals surface area contributed by atoms with E-state index in [1.54, 1.807) is 6.07 Å². The van der Waals surface area contributed by atoms with Gasteiger partial charge < -0.3 is 4.74 Å². The van der Waals surface area contributed by atoms with Gasteiger partial charge >= 0.3 is 6.01 Å². The van der Waals surface area contributed by atoms with Crippen molar-refractivity contribution in [3.05, 3.63) is 29.3 Å². The summed E-state index contributed by atoms with van der Waals surface area (Å²) in [5, 5.41) is 4.78. The fraction of sp³-hybridized carbons (Fsp3) is 0.500. The Balaban J connectivity index is 1.84. The first-order chi connectivity index (χ1) is 11.7. The van der Waals surface area contributed by atoms with Gasteiger partial charge in [-0.05, 0) is 31.4 Å². The van der Waals surface area contributed by atoms with Crippen LogP contribution in [0.3, 0.4) is 0 Å². The van der Waals surface area contributed by atoms with Gasteiger partial charge in [0.1, 0.15) is 0 Å². The molecule has 0 N–H and O–H groups in total. The zero-order valence-electron chi connectivity index (χ0n) is 13.9. The summed E-state index contributed by atoms with van der Waals surface area (Å²) >= 11 is 6.27. The number of nitrogens with zero attached hydrogens (tertiary/aromatic N) is 3. The summed E-state index contributed by atoms with van der Waals surface area (Å²) in [5.41, 5.74) is 0.687. The van der Waals surface area contributed by atoms with E-state index in [1.165, 1.54) is 30.4 Å². The lowest BCUT2D eigenvalue weighted by molar-refractivity contribution is 0.0877. The third-order valence-electron chi connectivity index (χ3n) is 4.45. The smallest absolute Gasteiger partial charge is 0.336 e. The second-order valence-corrected chi connectivity index (χ2v) is 6.53. The Morgan fingerprint density at radius 3 is 2.79 bits per heavy atom. The maximum absolute atomic E-state index is 12.7. The van der Waals surface area contributed by atoms with E-state index in [0.717, 1.165) is 6.42 Å². The fourth-order valence-corrected chi connectivity index (χ4v) is 3.43. The molecule has 0 aliphatic heterocycles. The largest absolute Gasteiger partial charge is 0.463 e. The van der Waals surface area contributed by atoms with Crippen molar-refractivity contribution in [2.45, 2.75) is 45.4 Å². The minimum Gasteiger partial charge on any atom is -0.463 e. The minimum absolute atomic E-state index is 0.0599. The van der Waals surface area contributed by atoms with E-state index >= 15 is 0 Å². The number of benzene rings is 1. The molecule has 0 amide bonds. The number of halogens is 1. The normalized spacial score (nSPS) is 14.9. The molecule has 0 radical (unpaired) electrons. The number of carbonyl (C=O) groups excluding carboxylic acids is 1. The van der Waals surface area contributed by atoms with Gasteiger partial charge in [-0.3, -0.25) is 4.79 Å². The van der Waals surface area contributed by atoms with Crippen LogP contribution in [0, 0.1) is 5.92 Å². The van der Waals surface area contributed by atoms with Crippen LogP contribution < -0.4 is 4.74 Å². The molecule has 24 heavy (non-hydrogen) atoms. The zero-order chi connectivity index (χ0) is 16.9. The van der Waals surface area contributed by atoms with Crippen LogP contribution in [0.4, 0.5) is 0 Å². The summed E-state index contributed by atoms with van der Waals surface area (Å²) in [6, 6.07) is 7.53. The van der Waals surface area contributed by atoms with Gasteiger partial charge in [0.2, 0.25) is 5.91 Å². The molecule has 1 aliphatic carbocycles. The highest BCUT2D eigenvalue weighted by Crippen LogP contribution is 2.30. The molecule has 1 fully saturated rings. The van der Waals surface area contributed by atoms with Gasteiger partial charge in [-0.1, -0.05) is 49.4 Å². The van der Waals surface area contributed by atoms with Crippen molar-refractivity contribution in [1.29, 1.82) is 0 Å². The van der Waals surface area contributed by atoms with Crippen molar-refractivity contribution < 1.29 is 9.53 Å². The Kier molecular flexibility index (Phi) is 5.51. The molecule has 1 aromatic heterocycles. The molecule has 0 spiro atoms. The second-order valence-electron chi connectivity index (χ2n) is 6.13. The highest BCUT2D eigenvalue weighted by molar-refractivity contribution is 6.33. The molecule has 5 nitrogen and oxygen atoms in total. The molecular weight excluding hydrogens is 326 g/mol. The van der Waals surface area contributed by atoms with Crippen LogP contribution in [-0.2, 0) is 0 Å². The molecule has 6 heteroatoms. The topological polar surface area (TPSA) is 57.0 Å². The van der Waals surface area contributed by atoms with Gasteiger partial charge in [-0.15, -0.1) is 5.10 Å². The molecule has 1 heterocycles. The predicted octanol–water partition coefficient (Wildman–Crippen LogP) is 4.61. The van der Waals surface area contributed by atoms with Gasteiger partial charge in [0.05, 0.1) is 11.6 Å². The van der Waals surface area contributed by atoms with Crippen LogP contribution in [0.25, 0.3) is 11.4 Å². The summed E-state index contributed by atoms with van der Waals surface area (Å²) < 4.78 is 6.73. The van der Waals surface area contributed by atoms with Crippen molar-refractivity contribution >= 4 is 17.5 Å². The first-order valence-corrected chi connectivity index (χ1v) is 8.94. The van der Waals surface area contributed by atoms with Crippen LogP contribution >= 0.6 is 11.6 Å². The van der Waals surface area contributed by atoms with Crippen molar-refractivity contribution in [2.75, 3.05) is 6.61 Å². The number of rotatable bonds is 6. The lowest BCUT2D eigenvalue weighted by Gasteiger charge is -2.09. The molecule has 0 atom stereocenters. The lowest BCUT2D eigenvalue weighted by atomic mass is 10.0. The Morgan fingerprint density at radius 2 is 2.08 bits per heavy atom. The molecule has 0 unspecified atom stereocenters. The van der Waals surface area contributed by atoms with Gasteiger partial charge in [0, 0.05) is 12.0 Å². The number of ether oxygens (including phenoxy) is 1. The summed E-state index contributed by atoms with van der Waals surface area (Å²) in [4.78, 5) is 17.0. The average molecular weight is 348 g/mol. The Bertz CT molecular complexity index is 708. The van der Waals surface area contributed by atoms with E-state index in [2.05, 4.69) is 10.1 Å². The molecule has 2 aromatic rings. The summed E-state index contributed by atoms with van der Waals surface area (Å²) in [7, 11) is 0. The van der Waals surface area contributed by atoms with Crippen LogP contribution in [0.15, 0.2) is 24.3 Å². The minimum atomic E-state index is -0.0599. The molecule has 3 rings (SSSR count). The number of carbonyl (C=O) groups is 1. The number of hydrogen-bond donors (Lipinski definition) is 0. The van der Waals surface area contributed by atoms with Gasteiger partial charge in [-0.25, -0.2) is 0 Å². The van der Waals surface area contributed by atoms with E-state index in [9.17, 15) is 4.79 Å². The van der Waals surface area contributed by atoms with E-state index in [4.69, 9.17) is 16.3 Å². The summed E-state index contributed by atoms with van der Waals surface area (Å²) in [6.07, 6.45) is 6.39. The van der Waals surface area contributed by atoms with E-state index in [0.29, 0.717) is 35.4 Å². The second kappa shape index (κ2) is 7.79. The average Bonchev–Trinajstić information content (AvgIpc) is 3.23. The van der Waals surface area contributed by atoms with Gasteiger partial charge in [0.25, 0.3) is 0 Å². The van der Waals surface area contributed by atoms with E-state index in [1.807, 2.05) is 25.1 Å². The first kappa shape index (κ1) is 17.0. The fourth-order valence-electron chi connectivity index (χ4n) is 3.21. The Hall–Kier alpha value is -1.88. The van der Waals surface area contributed by atoms with Gasteiger partial charge in [-0.2, -0.15) is 9.67 Å². The number of aromatic nitrogens is 3. The van der Waals surface area contributed by atoms with Crippen LogP contribution in [0.1, 0.15) is 50.2 Å². The highest BCUT2D eigenvalue weighted by atomic mass is 35.5. The SMILES string of the molecule is CCOc1nc(-c2ccccc2Cl)n(C(=O)CCC2CCCC2)n1. The predicted molar refractivity (Wildman–Crippen MR) is 93.5 cm³/mol. The van der Waals surface area contributed by atoms with Crippen molar-refractivity contribution in [2.24, 2.45) is 5.92 Å². The Labute approximate surface area is 147 Å². The standard InChI is InChI=1S/C18H22ClN3O2/c1-2-24-18-20-17(14-9-5-6-10-15(14)19)22(21-18)16(23)12-11-13-7-3-4-8-13/h5-6,9-10,13H,2-4,7-8,11-12H2,1H3. The van der Waals surface area contributed by atoms with Crippen LogP contribution in [-0.4, -0.2) is 27.3 Å². The monoisotopic (exact) mass is 347 g/mol. The van der Waals surface area contributed by atoms with Crippen LogP contribution in [0.2, 0.25) is 5.02 Å². The molecule has 0 bridgehead atoms. The van der Waals surface area contributed by atoms with Crippen molar-refractivity contribution in [3.8, 4) is 17.4 Å². The molecular formula is C18H22ClN3O2. The summed E-state index contributed by atoms with van der Waals surface area (Å²) in [5.74, 6) is 1.04. The van der Waals surface area contributed by atoms with E-state index in [-0.39, 0.29) is 11.9 Å². The lowest BCUT2D eigenvalue weighted by Crippen LogP contribution is -2.15. The first-order valence-electron chi connectivity index (χ1n) is 8.57. The molecule has 1 saturated carbocycles. The molecule has 128 valence electrons. The van der Waals surface area contributed by atoms with Crippen LogP contribution in [0.5, 0.6) is 6.01 Å². The van der Waals surface area contributed by atoms with Gasteiger partial charge in [0.15, 0.2) is 5.82 Å². The highest BCUT2D eigenvalue weighted by Gasteiger charge is 2.22. The van der Waals surface area contributed by atoms with Crippen molar-refractivity contribution in [1.82, 2.24) is 14.8 Å². The molecule has 0 saturated heterocycles. The zero-order valence-corrected chi connectivity index (χ0v) is 14.6. The third-order valence-corrected chi connectivity index (χ3v) is 4.78. The molecule has 1 aromatic carbocycles. The maximum Gasteiger partial charge on any atom is 0.336 e. The molecule has 1 aliphatic rings. The third kappa shape index (κ3) is 3.78.